The third kappa shape index (κ3) is 2.81. The molecule has 0 N–H and O–H groups in total. The molecule has 0 unspecified atom stereocenters. The first-order valence-electron chi connectivity index (χ1n) is 4.59. The van der Waals surface area contributed by atoms with Gasteiger partial charge in [0.1, 0.15) is 6.10 Å². The van der Waals surface area contributed by atoms with E-state index < -0.39 is 0 Å². The van der Waals surface area contributed by atoms with Crippen LogP contribution in [-0.2, 0) is 4.84 Å². The average molecular weight is 170 g/mol. The van der Waals surface area contributed by atoms with Crippen molar-refractivity contribution in [2.24, 2.45) is 5.16 Å². The Balaban J connectivity index is 2.25. The molecule has 1 aliphatic rings. The molecule has 0 saturated carbocycles. The van der Waals surface area contributed by atoms with Gasteiger partial charge >= 0.3 is 0 Å². The van der Waals surface area contributed by atoms with Crippen LogP contribution in [0, 0.1) is 0 Å². The zero-order valence-electron chi connectivity index (χ0n) is 8.16. The minimum absolute atomic E-state index is 0.188. The largest absolute Gasteiger partial charge is 0.393 e. The van der Waals surface area contributed by atoms with Crippen LogP contribution in [0.2, 0.25) is 0 Å². The van der Waals surface area contributed by atoms with Crippen molar-refractivity contribution in [3.8, 4) is 0 Å². The molecular weight excluding hydrogens is 152 g/mol. The second-order valence-electron chi connectivity index (χ2n) is 3.60. The monoisotopic (exact) mass is 170 g/mol. The Bertz CT molecular complexity index is 157. The fourth-order valence-corrected chi connectivity index (χ4v) is 1.35. The van der Waals surface area contributed by atoms with E-state index >= 15 is 0 Å². The summed E-state index contributed by atoms with van der Waals surface area (Å²) in [6.45, 7) is 5.14. The van der Waals surface area contributed by atoms with Crippen molar-refractivity contribution in [3.63, 3.8) is 0 Å². The Morgan fingerprint density at radius 2 is 2.33 bits per heavy atom. The summed E-state index contributed by atoms with van der Waals surface area (Å²) in [6, 6.07) is 0.490. The van der Waals surface area contributed by atoms with E-state index in [-0.39, 0.29) is 6.10 Å². The lowest BCUT2D eigenvalue weighted by molar-refractivity contribution is 0.0858. The molecule has 0 bridgehead atoms. The summed E-state index contributed by atoms with van der Waals surface area (Å²) in [4.78, 5) is 7.39. The van der Waals surface area contributed by atoms with Crippen LogP contribution >= 0.6 is 0 Å². The predicted octanol–water partition coefficient (Wildman–Crippen LogP) is 1.49. The van der Waals surface area contributed by atoms with Crippen molar-refractivity contribution in [2.45, 2.75) is 38.8 Å². The summed E-state index contributed by atoms with van der Waals surface area (Å²) < 4.78 is 0. The Kier molecular flexibility index (Phi) is 3.53. The lowest BCUT2D eigenvalue weighted by Gasteiger charge is -2.13. The van der Waals surface area contributed by atoms with Gasteiger partial charge in [-0.3, -0.25) is 4.90 Å². The van der Waals surface area contributed by atoms with Gasteiger partial charge in [0, 0.05) is 6.04 Å². The Hall–Kier alpha value is -0.570. The van der Waals surface area contributed by atoms with E-state index in [2.05, 4.69) is 17.1 Å². The van der Waals surface area contributed by atoms with E-state index in [0.717, 1.165) is 0 Å². The van der Waals surface area contributed by atoms with E-state index in [9.17, 15) is 0 Å². The Labute approximate surface area is 74.4 Å². The van der Waals surface area contributed by atoms with Crippen LogP contribution in [0.4, 0.5) is 0 Å². The van der Waals surface area contributed by atoms with Gasteiger partial charge in [0.2, 0.25) is 0 Å². The molecular formula is C9H18N2O. The third-order valence-electron chi connectivity index (χ3n) is 2.08. The smallest absolute Gasteiger partial charge is 0.122 e. The first-order chi connectivity index (χ1) is 5.70. The quantitative estimate of drug-likeness (QED) is 0.473. The molecule has 1 fully saturated rings. The van der Waals surface area contributed by atoms with Gasteiger partial charge in [0.25, 0.3) is 0 Å². The normalized spacial score (nSPS) is 25.8. The molecule has 1 atom stereocenters. The highest BCUT2D eigenvalue weighted by Gasteiger charge is 2.18. The van der Waals surface area contributed by atoms with Crippen molar-refractivity contribution >= 4 is 6.21 Å². The maximum Gasteiger partial charge on any atom is 0.122 e. The lowest BCUT2D eigenvalue weighted by atomic mass is 10.2. The van der Waals surface area contributed by atoms with Crippen molar-refractivity contribution in [1.29, 1.82) is 0 Å². The van der Waals surface area contributed by atoms with Crippen LogP contribution in [0.1, 0.15) is 26.7 Å². The van der Waals surface area contributed by atoms with Crippen LogP contribution in [0.3, 0.4) is 0 Å². The highest BCUT2D eigenvalue weighted by molar-refractivity contribution is 5.64. The molecule has 0 aliphatic carbocycles. The van der Waals surface area contributed by atoms with Gasteiger partial charge in [-0.15, -0.1) is 0 Å². The second-order valence-corrected chi connectivity index (χ2v) is 3.60. The third-order valence-corrected chi connectivity index (χ3v) is 2.08. The molecule has 70 valence electrons. The minimum Gasteiger partial charge on any atom is -0.393 e. The highest BCUT2D eigenvalue weighted by Crippen LogP contribution is 2.12. The highest BCUT2D eigenvalue weighted by atomic mass is 16.6. The molecule has 0 amide bonds. The van der Waals surface area contributed by atoms with Crippen LogP contribution in [0.5, 0.6) is 0 Å². The van der Waals surface area contributed by atoms with Gasteiger partial charge in [0.05, 0.1) is 6.21 Å². The number of rotatable bonds is 3. The van der Waals surface area contributed by atoms with Crippen LogP contribution in [-0.4, -0.2) is 36.9 Å². The Morgan fingerprint density at radius 1 is 1.58 bits per heavy atom. The lowest BCUT2D eigenvalue weighted by Crippen LogP contribution is -2.26. The summed E-state index contributed by atoms with van der Waals surface area (Å²) >= 11 is 0. The predicted molar refractivity (Wildman–Crippen MR) is 50.4 cm³/mol. The molecule has 12 heavy (non-hydrogen) atoms. The molecule has 1 aliphatic heterocycles. The number of oxime groups is 1. The van der Waals surface area contributed by atoms with E-state index in [1.807, 2.05) is 20.1 Å². The minimum atomic E-state index is 0.188. The molecule has 0 spiro atoms. The molecule has 1 rings (SSSR count). The summed E-state index contributed by atoms with van der Waals surface area (Å²) in [7, 11) is 2.12. The van der Waals surface area contributed by atoms with Gasteiger partial charge in [-0.2, -0.15) is 0 Å². The van der Waals surface area contributed by atoms with Gasteiger partial charge < -0.3 is 4.84 Å². The zero-order chi connectivity index (χ0) is 8.97. The standard InChI is InChI=1S/C9H18N2O/c1-8(2)12-10-7-9-5-4-6-11(9)3/h7-9H,4-6H2,1-3H3/t9-/m0/s1. The molecule has 1 saturated heterocycles. The molecule has 3 heteroatoms. The van der Waals surface area contributed by atoms with Crippen molar-refractivity contribution in [3.05, 3.63) is 0 Å². The van der Waals surface area contributed by atoms with Crippen LogP contribution in [0.15, 0.2) is 5.16 Å². The van der Waals surface area contributed by atoms with Gasteiger partial charge in [-0.25, -0.2) is 0 Å². The first-order valence-corrected chi connectivity index (χ1v) is 4.59. The summed E-state index contributed by atoms with van der Waals surface area (Å²) in [5.74, 6) is 0. The van der Waals surface area contributed by atoms with Gasteiger partial charge in [-0.05, 0) is 40.3 Å². The number of hydrogen-bond acceptors (Lipinski definition) is 3. The summed E-state index contributed by atoms with van der Waals surface area (Å²) in [5.41, 5.74) is 0. The fraction of sp³-hybridized carbons (Fsp3) is 0.889. The van der Waals surface area contributed by atoms with E-state index in [1.165, 1.54) is 19.4 Å². The maximum absolute atomic E-state index is 5.09. The summed E-state index contributed by atoms with van der Waals surface area (Å²) in [5, 5.41) is 3.94. The fourth-order valence-electron chi connectivity index (χ4n) is 1.35. The number of nitrogens with zero attached hydrogens (tertiary/aromatic N) is 2. The second kappa shape index (κ2) is 4.45. The number of hydrogen-bond donors (Lipinski definition) is 0. The van der Waals surface area contributed by atoms with E-state index in [0.29, 0.717) is 6.04 Å². The van der Waals surface area contributed by atoms with Crippen molar-refractivity contribution in [2.75, 3.05) is 13.6 Å². The van der Waals surface area contributed by atoms with Gasteiger partial charge in [0.15, 0.2) is 0 Å². The molecule has 0 radical (unpaired) electrons. The van der Waals surface area contributed by atoms with Crippen molar-refractivity contribution < 1.29 is 4.84 Å². The van der Waals surface area contributed by atoms with E-state index in [1.54, 1.807) is 0 Å². The van der Waals surface area contributed by atoms with Crippen LogP contribution < -0.4 is 0 Å². The molecule has 0 aromatic rings. The summed E-state index contributed by atoms with van der Waals surface area (Å²) in [6.07, 6.45) is 4.58. The molecule has 3 nitrogen and oxygen atoms in total. The zero-order valence-corrected chi connectivity index (χ0v) is 8.16. The molecule has 0 aromatic carbocycles. The van der Waals surface area contributed by atoms with Crippen molar-refractivity contribution in [1.82, 2.24) is 4.90 Å². The van der Waals surface area contributed by atoms with Crippen LogP contribution in [0.25, 0.3) is 0 Å². The SMILES string of the molecule is CC(C)ON=C[C@@H]1CCCN1C. The molecule has 1 heterocycles. The number of likely N-dealkylation sites (tertiary alicyclic amines) is 1. The van der Waals surface area contributed by atoms with E-state index in [4.69, 9.17) is 4.84 Å². The average Bonchev–Trinajstić information content (AvgIpc) is 2.36. The Morgan fingerprint density at radius 3 is 2.83 bits per heavy atom. The maximum atomic E-state index is 5.09. The topological polar surface area (TPSA) is 24.8 Å². The van der Waals surface area contributed by atoms with Gasteiger partial charge in [-0.1, -0.05) is 5.16 Å². The first kappa shape index (κ1) is 9.52. The molecule has 0 aromatic heterocycles.